The molecule has 0 atom stereocenters. The molecule has 2 N–H and O–H groups in total. The fourth-order valence-electron chi connectivity index (χ4n) is 3.07. The number of hydrogen-bond donors (Lipinski definition) is 2. The van der Waals surface area contributed by atoms with Gasteiger partial charge in [-0.05, 0) is 48.5 Å². The number of aromatic carboxylic acids is 1. The fraction of sp³-hybridized carbons (Fsp3) is 0.0870. The van der Waals surface area contributed by atoms with Crippen molar-refractivity contribution in [1.82, 2.24) is 5.01 Å². The van der Waals surface area contributed by atoms with Gasteiger partial charge in [-0.25, -0.2) is 9.80 Å². The molecule has 0 aliphatic carbocycles. The molecule has 0 spiro atoms. The number of nitrogens with one attached hydrogen (secondary N) is 1. The summed E-state index contributed by atoms with van der Waals surface area (Å²) in [5.74, 6) is -0.237. The molecule has 1 aliphatic heterocycles. The largest absolute Gasteiger partial charge is 0.478 e. The van der Waals surface area contributed by atoms with Gasteiger partial charge in [-0.3, -0.25) is 10.2 Å². The minimum Gasteiger partial charge on any atom is -0.478 e. The normalized spacial score (nSPS) is 15.0. The summed E-state index contributed by atoms with van der Waals surface area (Å²) < 4.78 is 6.17. The topological polar surface area (TPSA) is 82.8 Å². The second-order valence-electron chi connectivity index (χ2n) is 6.73. The first-order chi connectivity index (χ1) is 15.0. The standard InChI is InChI=1S/C23H18N2O4S2/c1-2-14-7-9-15(10-8-14)19-12-11-16(29-19)13-20-21(26)25(23(30)31-20)24-18-6-4-3-5-17(18)22(27)28/h3-13,24H,2H2,1H3,(H,27,28). The number of hydrazine groups is 1. The van der Waals surface area contributed by atoms with E-state index in [4.69, 9.17) is 16.6 Å². The molecule has 1 saturated heterocycles. The van der Waals surface area contributed by atoms with E-state index in [1.807, 2.05) is 18.2 Å². The lowest BCUT2D eigenvalue weighted by Gasteiger charge is -2.18. The summed E-state index contributed by atoms with van der Waals surface area (Å²) in [4.78, 5) is 24.6. The third-order valence-corrected chi connectivity index (χ3v) is 6.03. The van der Waals surface area contributed by atoms with Crippen molar-refractivity contribution < 1.29 is 19.1 Å². The van der Waals surface area contributed by atoms with Gasteiger partial charge in [-0.1, -0.05) is 55.1 Å². The van der Waals surface area contributed by atoms with Gasteiger partial charge in [0.05, 0.1) is 16.2 Å². The predicted molar refractivity (Wildman–Crippen MR) is 126 cm³/mol. The first-order valence-electron chi connectivity index (χ1n) is 9.52. The highest BCUT2D eigenvalue weighted by atomic mass is 32.2. The number of para-hydroxylation sites is 1. The third-order valence-electron chi connectivity index (χ3n) is 4.73. The molecule has 31 heavy (non-hydrogen) atoms. The summed E-state index contributed by atoms with van der Waals surface area (Å²) in [5, 5.41) is 10.5. The molecular formula is C23H18N2O4S2. The zero-order valence-electron chi connectivity index (χ0n) is 16.5. The molecule has 4 rings (SSSR count). The molecule has 0 radical (unpaired) electrons. The summed E-state index contributed by atoms with van der Waals surface area (Å²) in [5.41, 5.74) is 5.35. The van der Waals surface area contributed by atoms with E-state index in [-0.39, 0.29) is 21.5 Å². The number of hydrogen-bond acceptors (Lipinski definition) is 6. The van der Waals surface area contributed by atoms with Gasteiger partial charge < -0.3 is 9.52 Å². The zero-order valence-corrected chi connectivity index (χ0v) is 18.1. The lowest BCUT2D eigenvalue weighted by atomic mass is 10.1. The summed E-state index contributed by atoms with van der Waals surface area (Å²) in [6.45, 7) is 2.10. The van der Waals surface area contributed by atoms with E-state index in [9.17, 15) is 14.7 Å². The molecule has 1 amide bonds. The van der Waals surface area contributed by atoms with Gasteiger partial charge in [-0.2, -0.15) is 0 Å². The number of carboxylic acid groups (broad SMARTS) is 1. The maximum atomic E-state index is 12.9. The van der Waals surface area contributed by atoms with Crippen LogP contribution in [0.5, 0.6) is 0 Å². The molecule has 0 unspecified atom stereocenters. The highest BCUT2D eigenvalue weighted by molar-refractivity contribution is 8.26. The Kier molecular flexibility index (Phi) is 5.92. The molecule has 156 valence electrons. The Labute approximate surface area is 188 Å². The SMILES string of the molecule is CCc1ccc(-c2ccc(C=C3SC(=S)N(Nc4ccccc4C(=O)O)C3=O)o2)cc1. The van der Waals surface area contributed by atoms with E-state index in [1.54, 1.807) is 30.3 Å². The van der Waals surface area contributed by atoms with Crippen molar-refractivity contribution in [2.24, 2.45) is 0 Å². The number of thioether (sulfide) groups is 1. The zero-order chi connectivity index (χ0) is 22.0. The van der Waals surface area contributed by atoms with Crippen LogP contribution in [0.25, 0.3) is 17.4 Å². The van der Waals surface area contributed by atoms with Crippen molar-refractivity contribution in [2.75, 3.05) is 5.43 Å². The molecule has 2 aromatic carbocycles. The Morgan fingerprint density at radius 2 is 1.90 bits per heavy atom. The van der Waals surface area contributed by atoms with Crippen molar-refractivity contribution in [1.29, 1.82) is 0 Å². The van der Waals surface area contributed by atoms with Crippen LogP contribution < -0.4 is 5.43 Å². The van der Waals surface area contributed by atoms with Crippen LogP contribution in [0.4, 0.5) is 5.69 Å². The number of aryl methyl sites for hydroxylation is 1. The number of furan rings is 1. The van der Waals surface area contributed by atoms with Gasteiger partial charge in [0.15, 0.2) is 4.32 Å². The van der Waals surface area contributed by atoms with Crippen LogP contribution in [0.15, 0.2) is 70.0 Å². The first-order valence-corrected chi connectivity index (χ1v) is 10.7. The van der Waals surface area contributed by atoms with Crippen LogP contribution in [-0.4, -0.2) is 26.3 Å². The molecule has 0 saturated carbocycles. The Morgan fingerprint density at radius 3 is 2.61 bits per heavy atom. The minimum atomic E-state index is -1.10. The molecular weight excluding hydrogens is 432 g/mol. The van der Waals surface area contributed by atoms with Crippen LogP contribution >= 0.6 is 24.0 Å². The molecule has 1 aliphatic rings. The van der Waals surface area contributed by atoms with Gasteiger partial charge in [0.25, 0.3) is 5.91 Å². The van der Waals surface area contributed by atoms with Crippen molar-refractivity contribution in [3.8, 4) is 11.3 Å². The van der Waals surface area contributed by atoms with Crippen LogP contribution in [0, 0.1) is 0 Å². The quantitative estimate of drug-likeness (QED) is 0.382. The molecule has 8 heteroatoms. The summed E-state index contributed by atoms with van der Waals surface area (Å²) >= 11 is 6.43. The summed E-state index contributed by atoms with van der Waals surface area (Å²) in [6.07, 6.45) is 2.60. The van der Waals surface area contributed by atoms with E-state index in [0.29, 0.717) is 16.4 Å². The number of anilines is 1. The Morgan fingerprint density at radius 1 is 1.16 bits per heavy atom. The van der Waals surface area contributed by atoms with Gasteiger partial charge in [0.2, 0.25) is 0 Å². The maximum absolute atomic E-state index is 12.9. The second-order valence-corrected chi connectivity index (χ2v) is 8.41. The maximum Gasteiger partial charge on any atom is 0.337 e. The average molecular weight is 451 g/mol. The van der Waals surface area contributed by atoms with Crippen LogP contribution in [0.3, 0.4) is 0 Å². The van der Waals surface area contributed by atoms with E-state index in [1.165, 1.54) is 16.6 Å². The van der Waals surface area contributed by atoms with Crippen LogP contribution in [0.2, 0.25) is 0 Å². The summed E-state index contributed by atoms with van der Waals surface area (Å²) in [7, 11) is 0. The Bertz CT molecular complexity index is 1200. The molecule has 6 nitrogen and oxygen atoms in total. The number of thiocarbonyl (C=S) groups is 1. The van der Waals surface area contributed by atoms with E-state index < -0.39 is 5.97 Å². The van der Waals surface area contributed by atoms with E-state index >= 15 is 0 Å². The van der Waals surface area contributed by atoms with Crippen LogP contribution in [-0.2, 0) is 11.2 Å². The Balaban J connectivity index is 1.54. The van der Waals surface area contributed by atoms with E-state index in [2.05, 4.69) is 24.5 Å². The van der Waals surface area contributed by atoms with Crippen molar-refractivity contribution in [3.63, 3.8) is 0 Å². The number of rotatable bonds is 6. The van der Waals surface area contributed by atoms with Crippen molar-refractivity contribution in [2.45, 2.75) is 13.3 Å². The Hall–Kier alpha value is -3.36. The molecule has 1 aromatic heterocycles. The summed E-state index contributed by atoms with van der Waals surface area (Å²) in [6, 6.07) is 18.1. The van der Waals surface area contributed by atoms with Gasteiger partial charge in [0.1, 0.15) is 11.5 Å². The fourth-order valence-corrected chi connectivity index (χ4v) is 4.23. The molecule has 3 aromatic rings. The average Bonchev–Trinajstić information content (AvgIpc) is 3.34. The highest BCUT2D eigenvalue weighted by Gasteiger charge is 2.33. The lowest BCUT2D eigenvalue weighted by Crippen LogP contribution is -2.34. The van der Waals surface area contributed by atoms with E-state index in [0.717, 1.165) is 23.7 Å². The highest BCUT2D eigenvalue weighted by Crippen LogP contribution is 2.34. The predicted octanol–water partition coefficient (Wildman–Crippen LogP) is 5.44. The van der Waals surface area contributed by atoms with Crippen molar-refractivity contribution in [3.05, 3.63) is 82.5 Å². The smallest absolute Gasteiger partial charge is 0.337 e. The molecule has 1 fully saturated rings. The monoisotopic (exact) mass is 450 g/mol. The second kappa shape index (κ2) is 8.79. The van der Waals surface area contributed by atoms with Crippen LogP contribution in [0.1, 0.15) is 28.6 Å². The first kappa shape index (κ1) is 20.9. The van der Waals surface area contributed by atoms with Crippen molar-refractivity contribution >= 4 is 51.9 Å². The molecule has 2 heterocycles. The van der Waals surface area contributed by atoms with Gasteiger partial charge in [0, 0.05) is 11.6 Å². The number of carbonyl (C=O) groups is 2. The third kappa shape index (κ3) is 4.40. The number of carboxylic acids is 1. The van der Waals surface area contributed by atoms with Gasteiger partial charge in [-0.15, -0.1) is 0 Å². The number of carbonyl (C=O) groups excluding carboxylic acids is 1. The number of benzene rings is 2. The minimum absolute atomic E-state index is 0.0466. The number of amides is 1. The van der Waals surface area contributed by atoms with Gasteiger partial charge >= 0.3 is 5.97 Å². The molecule has 0 bridgehead atoms. The number of nitrogens with zero attached hydrogens (tertiary/aromatic N) is 1. The lowest BCUT2D eigenvalue weighted by molar-refractivity contribution is -0.121.